The highest BCUT2D eigenvalue weighted by Gasteiger charge is 1.95. The number of nitrogens with one attached hydrogen (secondary N) is 1. The molecule has 0 unspecified atom stereocenters. The van der Waals surface area contributed by atoms with E-state index in [9.17, 15) is 0 Å². The maximum Gasteiger partial charge on any atom is 0.119 e. The summed E-state index contributed by atoms with van der Waals surface area (Å²) in [6.45, 7) is 0.574. The summed E-state index contributed by atoms with van der Waals surface area (Å²) < 4.78 is 5.62. The second kappa shape index (κ2) is 5.12. The summed E-state index contributed by atoms with van der Waals surface area (Å²) in [7, 11) is 0. The second-order valence-electron chi connectivity index (χ2n) is 3.49. The fraction of sp³-hybridized carbons (Fsp3) is 0.0714. The third kappa shape index (κ3) is 2.70. The molecule has 0 aliphatic heterocycles. The Morgan fingerprint density at radius 1 is 0.938 bits per heavy atom. The molecule has 0 saturated heterocycles. The highest BCUT2D eigenvalue weighted by molar-refractivity contribution is 5.76. The van der Waals surface area contributed by atoms with E-state index >= 15 is 0 Å². The fourth-order valence-corrected chi connectivity index (χ4v) is 1.40. The number of benzene rings is 2. The minimum Gasteiger partial charge on any atom is -0.489 e. The van der Waals surface area contributed by atoms with E-state index in [1.165, 1.54) is 6.21 Å². The molecule has 80 valence electrons. The highest BCUT2D eigenvalue weighted by Crippen LogP contribution is 2.13. The van der Waals surface area contributed by atoms with Crippen LogP contribution in [0.2, 0.25) is 0 Å². The molecule has 0 aliphatic rings. The molecule has 0 radical (unpaired) electrons. The van der Waals surface area contributed by atoms with Crippen molar-refractivity contribution in [2.24, 2.45) is 0 Å². The molecular formula is C14H13NO. The van der Waals surface area contributed by atoms with E-state index in [1.807, 2.05) is 54.6 Å². The Bertz CT molecular complexity index is 448. The molecule has 0 aliphatic carbocycles. The molecule has 1 N–H and O–H groups in total. The number of rotatable bonds is 4. The van der Waals surface area contributed by atoms with E-state index in [0.29, 0.717) is 6.61 Å². The van der Waals surface area contributed by atoms with Gasteiger partial charge in [-0.05, 0) is 35.4 Å². The average molecular weight is 211 g/mol. The Kier molecular flexibility index (Phi) is 3.34. The van der Waals surface area contributed by atoms with Crippen molar-refractivity contribution in [3.05, 3.63) is 65.7 Å². The number of hydrogen-bond acceptors (Lipinski definition) is 2. The lowest BCUT2D eigenvalue weighted by Gasteiger charge is -2.06. The van der Waals surface area contributed by atoms with Crippen LogP contribution in [0.1, 0.15) is 11.1 Å². The fourth-order valence-electron chi connectivity index (χ4n) is 1.40. The molecule has 0 bridgehead atoms. The van der Waals surface area contributed by atoms with Crippen LogP contribution in [0.25, 0.3) is 0 Å². The monoisotopic (exact) mass is 211 g/mol. The molecule has 2 aromatic rings. The Morgan fingerprint density at radius 3 is 2.25 bits per heavy atom. The zero-order valence-corrected chi connectivity index (χ0v) is 8.89. The third-order valence-electron chi connectivity index (χ3n) is 2.30. The molecular weight excluding hydrogens is 198 g/mol. The van der Waals surface area contributed by atoms with E-state index in [2.05, 4.69) is 0 Å². The molecule has 2 heteroatoms. The van der Waals surface area contributed by atoms with E-state index in [0.717, 1.165) is 16.9 Å². The normalized spacial score (nSPS) is 9.75. The van der Waals surface area contributed by atoms with Crippen molar-refractivity contribution in [3.8, 4) is 5.75 Å². The van der Waals surface area contributed by atoms with Crippen LogP contribution in [-0.2, 0) is 6.61 Å². The summed E-state index contributed by atoms with van der Waals surface area (Å²) in [6, 6.07) is 17.5. The third-order valence-corrected chi connectivity index (χ3v) is 2.30. The van der Waals surface area contributed by atoms with Gasteiger partial charge in [0, 0.05) is 6.21 Å². The van der Waals surface area contributed by atoms with Crippen LogP contribution >= 0.6 is 0 Å². The summed E-state index contributed by atoms with van der Waals surface area (Å²) in [5.74, 6) is 0.828. The van der Waals surface area contributed by atoms with Gasteiger partial charge in [0.1, 0.15) is 12.4 Å². The van der Waals surface area contributed by atoms with Crippen molar-refractivity contribution in [2.75, 3.05) is 0 Å². The van der Waals surface area contributed by atoms with Crippen molar-refractivity contribution in [1.29, 1.82) is 5.41 Å². The molecule has 2 aromatic carbocycles. The average Bonchev–Trinajstić information content (AvgIpc) is 2.38. The van der Waals surface area contributed by atoms with Gasteiger partial charge in [0.05, 0.1) is 0 Å². The van der Waals surface area contributed by atoms with Gasteiger partial charge in [-0.25, -0.2) is 0 Å². The summed E-state index contributed by atoms with van der Waals surface area (Å²) in [6.07, 6.45) is 1.32. The van der Waals surface area contributed by atoms with Crippen LogP contribution in [0.4, 0.5) is 0 Å². The Morgan fingerprint density at radius 2 is 1.62 bits per heavy atom. The minimum atomic E-state index is 0.574. The van der Waals surface area contributed by atoms with Crippen molar-refractivity contribution in [3.63, 3.8) is 0 Å². The van der Waals surface area contributed by atoms with Crippen LogP contribution in [-0.4, -0.2) is 6.21 Å². The summed E-state index contributed by atoms with van der Waals surface area (Å²) >= 11 is 0. The SMILES string of the molecule is N=Cc1ccc(OCc2ccccc2)cc1. The minimum absolute atomic E-state index is 0.574. The summed E-state index contributed by atoms with van der Waals surface area (Å²) in [5.41, 5.74) is 2.03. The quantitative estimate of drug-likeness (QED) is 0.773. The van der Waals surface area contributed by atoms with Crippen molar-refractivity contribution in [2.45, 2.75) is 6.61 Å². The lowest BCUT2D eigenvalue weighted by atomic mass is 10.2. The van der Waals surface area contributed by atoms with Crippen LogP contribution < -0.4 is 4.74 Å². The smallest absolute Gasteiger partial charge is 0.119 e. The lowest BCUT2D eigenvalue weighted by Crippen LogP contribution is -1.94. The standard InChI is InChI=1S/C14H13NO/c15-10-12-6-8-14(9-7-12)16-11-13-4-2-1-3-5-13/h1-10,15H,11H2. The number of ether oxygens (including phenoxy) is 1. The van der Waals surface area contributed by atoms with Gasteiger partial charge in [0.2, 0.25) is 0 Å². The van der Waals surface area contributed by atoms with Gasteiger partial charge < -0.3 is 10.1 Å². The topological polar surface area (TPSA) is 33.1 Å². The first-order valence-corrected chi connectivity index (χ1v) is 5.16. The first kappa shape index (κ1) is 10.4. The van der Waals surface area contributed by atoms with Crippen LogP contribution in [0.15, 0.2) is 54.6 Å². The highest BCUT2D eigenvalue weighted by atomic mass is 16.5. The molecule has 0 fully saturated rings. The number of hydrogen-bond donors (Lipinski definition) is 1. The van der Waals surface area contributed by atoms with Crippen molar-refractivity contribution in [1.82, 2.24) is 0 Å². The largest absolute Gasteiger partial charge is 0.489 e. The second-order valence-corrected chi connectivity index (χ2v) is 3.49. The van der Waals surface area contributed by atoms with Gasteiger partial charge in [-0.15, -0.1) is 0 Å². The molecule has 0 spiro atoms. The van der Waals surface area contributed by atoms with Gasteiger partial charge in [-0.3, -0.25) is 0 Å². The zero-order chi connectivity index (χ0) is 11.2. The van der Waals surface area contributed by atoms with E-state index < -0.39 is 0 Å². The maximum atomic E-state index is 7.08. The maximum absolute atomic E-state index is 7.08. The molecule has 0 saturated carbocycles. The molecule has 0 amide bonds. The van der Waals surface area contributed by atoms with E-state index in [4.69, 9.17) is 10.1 Å². The predicted octanol–water partition coefficient (Wildman–Crippen LogP) is 3.26. The molecule has 0 aromatic heterocycles. The lowest BCUT2D eigenvalue weighted by molar-refractivity contribution is 0.306. The molecule has 2 rings (SSSR count). The van der Waals surface area contributed by atoms with Crippen LogP contribution in [0, 0.1) is 5.41 Å². The van der Waals surface area contributed by atoms with Gasteiger partial charge in [-0.2, -0.15) is 0 Å². The molecule has 0 heterocycles. The Labute approximate surface area is 95.0 Å². The molecule has 2 nitrogen and oxygen atoms in total. The first-order chi connectivity index (χ1) is 7.88. The van der Waals surface area contributed by atoms with Crippen LogP contribution in [0.3, 0.4) is 0 Å². The molecule has 0 atom stereocenters. The van der Waals surface area contributed by atoms with Crippen molar-refractivity contribution >= 4 is 6.21 Å². The van der Waals surface area contributed by atoms with E-state index in [-0.39, 0.29) is 0 Å². The predicted molar refractivity (Wildman–Crippen MR) is 65.1 cm³/mol. The zero-order valence-electron chi connectivity index (χ0n) is 8.89. The van der Waals surface area contributed by atoms with E-state index in [1.54, 1.807) is 0 Å². The summed E-state index contributed by atoms with van der Waals surface area (Å²) in [4.78, 5) is 0. The first-order valence-electron chi connectivity index (χ1n) is 5.16. The summed E-state index contributed by atoms with van der Waals surface area (Å²) in [5, 5.41) is 7.08. The Balaban J connectivity index is 1.97. The van der Waals surface area contributed by atoms with Gasteiger partial charge in [0.25, 0.3) is 0 Å². The van der Waals surface area contributed by atoms with Crippen LogP contribution in [0.5, 0.6) is 5.75 Å². The van der Waals surface area contributed by atoms with Gasteiger partial charge >= 0.3 is 0 Å². The van der Waals surface area contributed by atoms with Gasteiger partial charge in [-0.1, -0.05) is 30.3 Å². The Hall–Kier alpha value is -2.09. The molecule has 16 heavy (non-hydrogen) atoms. The van der Waals surface area contributed by atoms with Gasteiger partial charge in [0.15, 0.2) is 0 Å². The van der Waals surface area contributed by atoms with Crippen molar-refractivity contribution < 1.29 is 4.74 Å².